The normalized spacial score (nSPS) is 10.1. The van der Waals surface area contributed by atoms with Crippen LogP contribution in [-0.2, 0) is 6.54 Å². The number of hydrogen-bond donors (Lipinski definition) is 3. The van der Waals surface area contributed by atoms with Crippen LogP contribution in [0.5, 0.6) is 0 Å². The molecule has 0 aromatic carbocycles. The Labute approximate surface area is 146 Å². The fraction of sp³-hybridized carbons (Fsp3) is 0.667. The molecule has 0 unspecified atom stereocenters. The molecule has 0 amide bonds. The molecule has 6 heteroatoms. The van der Waals surface area contributed by atoms with Crippen LogP contribution in [0, 0.1) is 0 Å². The van der Waals surface area contributed by atoms with E-state index in [1.807, 2.05) is 20.0 Å². The molecule has 0 atom stereocenters. The summed E-state index contributed by atoms with van der Waals surface area (Å²) in [6, 6.07) is 0. The van der Waals surface area contributed by atoms with Gasteiger partial charge in [0, 0.05) is 31.5 Å². The number of nitrogens with zero attached hydrogens (tertiary/aromatic N) is 3. The van der Waals surface area contributed by atoms with Crippen LogP contribution in [0.3, 0.4) is 0 Å². The van der Waals surface area contributed by atoms with E-state index in [-0.39, 0.29) is 6.61 Å². The summed E-state index contributed by atoms with van der Waals surface area (Å²) >= 11 is 0. The summed E-state index contributed by atoms with van der Waals surface area (Å²) in [6.45, 7) is 13.3. The Morgan fingerprint density at radius 2 is 1.83 bits per heavy atom. The third kappa shape index (κ3) is 7.27. The van der Waals surface area contributed by atoms with Gasteiger partial charge in [-0.3, -0.25) is 4.90 Å². The highest BCUT2D eigenvalue weighted by Crippen LogP contribution is 2.20. The zero-order valence-corrected chi connectivity index (χ0v) is 16.0. The highest BCUT2D eigenvalue weighted by molar-refractivity contribution is 5.86. The van der Waals surface area contributed by atoms with E-state index in [0.717, 1.165) is 42.7 Å². The number of aliphatic hydroxyl groups excluding tert-OH is 1. The van der Waals surface area contributed by atoms with Gasteiger partial charge < -0.3 is 15.8 Å². The minimum Gasteiger partial charge on any atom is -0.396 e. The van der Waals surface area contributed by atoms with Crippen molar-refractivity contribution in [2.24, 2.45) is 0 Å². The molecule has 0 saturated carbocycles. The monoisotopic (exact) mass is 337 g/mol. The van der Waals surface area contributed by atoms with Crippen LogP contribution in [0.15, 0.2) is 12.5 Å². The average Bonchev–Trinajstić information content (AvgIpc) is 3.04. The third-order valence-corrected chi connectivity index (χ3v) is 3.55. The van der Waals surface area contributed by atoms with Crippen LogP contribution in [0.2, 0.25) is 0 Å². The van der Waals surface area contributed by atoms with Gasteiger partial charge in [-0.25, -0.2) is 9.97 Å². The molecule has 24 heavy (non-hydrogen) atoms. The molecule has 0 fully saturated rings. The Hall–Kier alpha value is -1.66. The van der Waals surface area contributed by atoms with Crippen LogP contribution < -0.4 is 5.73 Å². The van der Waals surface area contributed by atoms with Crippen molar-refractivity contribution in [1.29, 1.82) is 0 Å². The lowest BCUT2D eigenvalue weighted by Gasteiger charge is -2.19. The summed E-state index contributed by atoms with van der Waals surface area (Å²) in [4.78, 5) is 13.6. The molecular formula is C18H35N5O. The van der Waals surface area contributed by atoms with Crippen LogP contribution in [0.1, 0.15) is 59.4 Å². The zero-order chi connectivity index (χ0) is 18.4. The van der Waals surface area contributed by atoms with Crippen molar-refractivity contribution in [2.45, 2.75) is 60.4 Å². The number of aromatic nitrogens is 3. The van der Waals surface area contributed by atoms with Gasteiger partial charge in [0.1, 0.15) is 11.8 Å². The van der Waals surface area contributed by atoms with Crippen molar-refractivity contribution in [3.8, 4) is 0 Å². The second-order valence-electron chi connectivity index (χ2n) is 5.24. The van der Waals surface area contributed by atoms with Crippen LogP contribution in [0.4, 0.5) is 5.82 Å². The van der Waals surface area contributed by atoms with Crippen molar-refractivity contribution in [3.63, 3.8) is 0 Å². The Morgan fingerprint density at radius 1 is 1.17 bits per heavy atom. The first kappa shape index (κ1) is 22.3. The van der Waals surface area contributed by atoms with Gasteiger partial charge in [-0.05, 0) is 13.0 Å². The minimum absolute atomic E-state index is 0.222. The van der Waals surface area contributed by atoms with Crippen molar-refractivity contribution >= 4 is 16.9 Å². The smallest absolute Gasteiger partial charge is 0.151 e. The number of fused-ring (bicyclic) bond motifs is 1. The highest BCUT2D eigenvalue weighted by atomic mass is 16.3. The predicted octanol–water partition coefficient (Wildman–Crippen LogP) is 3.58. The van der Waals surface area contributed by atoms with E-state index in [4.69, 9.17) is 10.8 Å². The summed E-state index contributed by atoms with van der Waals surface area (Å²) in [6.07, 6.45) is 6.84. The molecule has 138 valence electrons. The first-order valence-electron chi connectivity index (χ1n) is 9.07. The number of nitrogens with two attached hydrogens (primary N) is 1. The van der Waals surface area contributed by atoms with E-state index < -0.39 is 0 Å². The van der Waals surface area contributed by atoms with Gasteiger partial charge in [0.15, 0.2) is 5.82 Å². The van der Waals surface area contributed by atoms with Gasteiger partial charge in [-0.15, -0.1) is 0 Å². The van der Waals surface area contributed by atoms with Gasteiger partial charge in [0.05, 0.1) is 5.52 Å². The quantitative estimate of drug-likeness (QED) is 0.718. The Morgan fingerprint density at radius 3 is 2.38 bits per heavy atom. The van der Waals surface area contributed by atoms with Gasteiger partial charge in [0.2, 0.25) is 0 Å². The second-order valence-corrected chi connectivity index (χ2v) is 5.24. The average molecular weight is 338 g/mol. The number of unbranched alkanes of at least 4 members (excludes halogenated alkanes) is 1. The highest BCUT2D eigenvalue weighted by Gasteiger charge is 2.11. The SMILES string of the molecule is CC.CCCC.CCN(CCCO)Cc1c[nH]c2c(N)ncnc12. The molecule has 0 radical (unpaired) electrons. The van der Waals surface area contributed by atoms with Crippen LogP contribution in [-0.4, -0.2) is 44.7 Å². The summed E-state index contributed by atoms with van der Waals surface area (Å²) < 4.78 is 0. The summed E-state index contributed by atoms with van der Waals surface area (Å²) in [5.74, 6) is 0.477. The number of rotatable bonds is 7. The minimum atomic E-state index is 0.222. The van der Waals surface area contributed by atoms with E-state index in [0.29, 0.717) is 5.82 Å². The van der Waals surface area contributed by atoms with Crippen LogP contribution >= 0.6 is 0 Å². The first-order chi connectivity index (χ1) is 11.7. The van der Waals surface area contributed by atoms with E-state index in [1.165, 1.54) is 19.2 Å². The fourth-order valence-electron chi connectivity index (χ4n) is 2.02. The molecule has 0 spiro atoms. The molecule has 4 N–H and O–H groups in total. The molecule has 0 aliphatic heterocycles. The van der Waals surface area contributed by atoms with Crippen molar-refractivity contribution < 1.29 is 5.11 Å². The zero-order valence-electron chi connectivity index (χ0n) is 16.0. The second kappa shape index (κ2) is 13.7. The number of nitrogens with one attached hydrogen (secondary N) is 1. The predicted molar refractivity (Wildman–Crippen MR) is 103 cm³/mol. The summed E-state index contributed by atoms with van der Waals surface area (Å²) in [5, 5.41) is 8.87. The van der Waals surface area contributed by atoms with Gasteiger partial charge in [0.25, 0.3) is 0 Å². The van der Waals surface area contributed by atoms with Crippen molar-refractivity contribution in [1.82, 2.24) is 19.9 Å². The van der Waals surface area contributed by atoms with Gasteiger partial charge in [-0.1, -0.05) is 47.5 Å². The largest absolute Gasteiger partial charge is 0.396 e. The van der Waals surface area contributed by atoms with E-state index in [2.05, 4.69) is 40.6 Å². The molecule has 0 aliphatic rings. The van der Waals surface area contributed by atoms with Gasteiger partial charge >= 0.3 is 0 Å². The van der Waals surface area contributed by atoms with E-state index >= 15 is 0 Å². The molecule has 6 nitrogen and oxygen atoms in total. The fourth-order valence-corrected chi connectivity index (χ4v) is 2.02. The molecule has 2 aromatic rings. The number of anilines is 1. The number of aliphatic hydroxyl groups is 1. The van der Waals surface area contributed by atoms with E-state index in [1.54, 1.807) is 0 Å². The van der Waals surface area contributed by atoms with Crippen molar-refractivity contribution in [2.75, 3.05) is 25.4 Å². The summed E-state index contributed by atoms with van der Waals surface area (Å²) in [7, 11) is 0. The lowest BCUT2D eigenvalue weighted by Crippen LogP contribution is -2.24. The molecule has 0 aliphatic carbocycles. The molecule has 0 saturated heterocycles. The standard InChI is InChI=1S/C12H19N5O.C4H10.C2H6/c1-2-17(4-3-5-18)7-9-6-14-11-10(9)15-8-16-12(11)13;1-3-4-2;1-2/h6,8,14,18H,2-5,7H2,1H3,(H2,13,15,16);3-4H2,1-2H3;1-2H3. The maximum Gasteiger partial charge on any atom is 0.151 e. The first-order valence-corrected chi connectivity index (χ1v) is 9.07. The lowest BCUT2D eigenvalue weighted by atomic mass is 10.2. The maximum atomic E-state index is 8.87. The Balaban J connectivity index is 0.000000773. The van der Waals surface area contributed by atoms with Gasteiger partial charge in [-0.2, -0.15) is 0 Å². The molecular weight excluding hydrogens is 302 g/mol. The van der Waals surface area contributed by atoms with Crippen molar-refractivity contribution in [3.05, 3.63) is 18.1 Å². The molecule has 0 bridgehead atoms. The topological polar surface area (TPSA) is 91.1 Å². The van der Waals surface area contributed by atoms with E-state index in [9.17, 15) is 0 Å². The van der Waals surface area contributed by atoms with Crippen LogP contribution in [0.25, 0.3) is 11.0 Å². The number of nitrogen functional groups attached to an aromatic ring is 1. The Bertz CT molecular complexity index is 539. The molecule has 2 heterocycles. The number of hydrogen-bond acceptors (Lipinski definition) is 5. The Kier molecular flexibility index (Phi) is 12.8. The number of H-pyrrole nitrogens is 1. The molecule has 2 aromatic heterocycles. The number of aromatic amines is 1. The summed E-state index contributed by atoms with van der Waals surface area (Å²) in [5.41, 5.74) is 8.57. The lowest BCUT2D eigenvalue weighted by molar-refractivity contribution is 0.226. The maximum absolute atomic E-state index is 8.87. The molecule has 2 rings (SSSR count). The third-order valence-electron chi connectivity index (χ3n) is 3.55.